The molecule has 1 atom stereocenters. The van der Waals surface area contributed by atoms with E-state index in [1.165, 1.54) is 37.1 Å². The third-order valence-electron chi connectivity index (χ3n) is 3.48. The van der Waals surface area contributed by atoms with Gasteiger partial charge in [0.15, 0.2) is 0 Å². The van der Waals surface area contributed by atoms with Crippen LogP contribution in [0.2, 0.25) is 0 Å². The maximum atomic E-state index is 10.7. The molecule has 3 nitrogen and oxygen atoms in total. The minimum absolute atomic E-state index is 0.0288. The lowest BCUT2D eigenvalue weighted by molar-refractivity contribution is -0.137. The van der Waals surface area contributed by atoms with Crippen molar-refractivity contribution in [2.45, 2.75) is 57.3 Å². The van der Waals surface area contributed by atoms with E-state index in [4.69, 9.17) is 5.11 Å². The highest BCUT2D eigenvalue weighted by Crippen LogP contribution is 2.35. The van der Waals surface area contributed by atoms with Crippen LogP contribution in [0.25, 0.3) is 0 Å². The van der Waals surface area contributed by atoms with Crippen LogP contribution in [0.1, 0.15) is 68.0 Å². The van der Waals surface area contributed by atoms with Crippen molar-refractivity contribution in [1.29, 1.82) is 0 Å². The van der Waals surface area contributed by atoms with Crippen LogP contribution in [0.5, 0.6) is 0 Å². The smallest absolute Gasteiger partial charge is 0.304 e. The molecule has 2 rings (SSSR count). The Kier molecular flexibility index (Phi) is 4.15. The summed E-state index contributed by atoms with van der Waals surface area (Å²) in [5.41, 5.74) is 0.956. The fraction of sp³-hybridized carbons (Fsp3) is 0.692. The summed E-state index contributed by atoms with van der Waals surface area (Å²) >= 11 is 1.71. The minimum atomic E-state index is -0.746. The lowest BCUT2D eigenvalue weighted by Gasteiger charge is -2.19. The summed E-state index contributed by atoms with van der Waals surface area (Å²) in [6.07, 6.45) is 6.65. The molecule has 1 aromatic heterocycles. The highest BCUT2D eigenvalue weighted by molar-refractivity contribution is 7.09. The molecule has 0 amide bonds. The number of nitrogens with zero attached hydrogens (tertiary/aromatic N) is 1. The van der Waals surface area contributed by atoms with Gasteiger partial charge in [-0.1, -0.05) is 26.2 Å². The number of carboxylic acid groups (broad SMARTS) is 1. The van der Waals surface area contributed by atoms with Gasteiger partial charge in [-0.3, -0.25) is 4.79 Å². The largest absolute Gasteiger partial charge is 0.481 e. The summed E-state index contributed by atoms with van der Waals surface area (Å²) < 4.78 is 0. The van der Waals surface area contributed by atoms with E-state index in [1.54, 1.807) is 11.3 Å². The van der Waals surface area contributed by atoms with Crippen LogP contribution < -0.4 is 0 Å². The van der Waals surface area contributed by atoms with Gasteiger partial charge in [-0.25, -0.2) is 4.98 Å². The Labute approximate surface area is 106 Å². The first kappa shape index (κ1) is 12.6. The van der Waals surface area contributed by atoms with E-state index in [-0.39, 0.29) is 12.3 Å². The highest BCUT2D eigenvalue weighted by atomic mass is 32.1. The maximum Gasteiger partial charge on any atom is 0.304 e. The van der Waals surface area contributed by atoms with Crippen LogP contribution in [-0.4, -0.2) is 16.1 Å². The van der Waals surface area contributed by atoms with Crippen LogP contribution in [0.15, 0.2) is 5.38 Å². The highest BCUT2D eigenvalue weighted by Gasteiger charge is 2.20. The molecule has 1 aromatic rings. The van der Waals surface area contributed by atoms with Crippen molar-refractivity contribution >= 4 is 17.3 Å². The van der Waals surface area contributed by atoms with Crippen molar-refractivity contribution in [3.8, 4) is 0 Å². The second-order valence-corrected chi connectivity index (χ2v) is 5.83. The van der Waals surface area contributed by atoms with Crippen molar-refractivity contribution in [2.24, 2.45) is 0 Å². The molecule has 0 bridgehead atoms. The number of aliphatic carboxylic acids is 1. The normalized spacial score (nSPS) is 19.1. The molecule has 0 aromatic carbocycles. The van der Waals surface area contributed by atoms with Gasteiger partial charge < -0.3 is 5.11 Å². The van der Waals surface area contributed by atoms with Gasteiger partial charge in [0.25, 0.3) is 0 Å². The summed E-state index contributed by atoms with van der Waals surface area (Å²) in [6, 6.07) is 0. The molecule has 4 heteroatoms. The van der Waals surface area contributed by atoms with Crippen molar-refractivity contribution in [3.05, 3.63) is 16.1 Å². The number of thiazole rings is 1. The van der Waals surface area contributed by atoms with Crippen molar-refractivity contribution in [1.82, 2.24) is 4.98 Å². The van der Waals surface area contributed by atoms with Crippen molar-refractivity contribution < 1.29 is 9.90 Å². The molecule has 1 fully saturated rings. The summed E-state index contributed by atoms with van der Waals surface area (Å²) in [5, 5.41) is 12.0. The molecule has 1 aliphatic rings. The number of rotatable bonds is 4. The Bertz CT molecular complexity index is 383. The van der Waals surface area contributed by atoms with Gasteiger partial charge in [-0.05, 0) is 12.8 Å². The summed E-state index contributed by atoms with van der Waals surface area (Å²) in [5.74, 6) is -0.0923. The number of hydrogen-bond acceptors (Lipinski definition) is 3. The first-order valence-electron chi connectivity index (χ1n) is 6.34. The zero-order valence-electron chi connectivity index (χ0n) is 10.2. The molecule has 1 aliphatic carbocycles. The SMILES string of the molecule is CC(CC(=O)O)c1csc(C2CCCCC2)n1. The van der Waals surface area contributed by atoms with Gasteiger partial charge in [0.2, 0.25) is 0 Å². The molecule has 1 saturated carbocycles. The molecular formula is C13H19NO2S. The Morgan fingerprint density at radius 2 is 2.24 bits per heavy atom. The quantitative estimate of drug-likeness (QED) is 0.888. The van der Waals surface area contributed by atoms with Crippen molar-refractivity contribution in [2.75, 3.05) is 0 Å². The second kappa shape index (κ2) is 5.63. The Morgan fingerprint density at radius 1 is 1.53 bits per heavy atom. The van der Waals surface area contributed by atoms with E-state index >= 15 is 0 Å². The summed E-state index contributed by atoms with van der Waals surface area (Å²) in [6.45, 7) is 1.94. The number of hydrogen-bond donors (Lipinski definition) is 1. The molecule has 17 heavy (non-hydrogen) atoms. The van der Waals surface area contributed by atoms with E-state index in [0.29, 0.717) is 5.92 Å². The lowest BCUT2D eigenvalue weighted by atomic mass is 9.90. The monoisotopic (exact) mass is 253 g/mol. The number of carboxylic acids is 1. The van der Waals surface area contributed by atoms with E-state index in [1.807, 2.05) is 12.3 Å². The number of carbonyl (C=O) groups is 1. The van der Waals surface area contributed by atoms with Gasteiger partial charge in [0.1, 0.15) is 0 Å². The molecular weight excluding hydrogens is 234 g/mol. The van der Waals surface area contributed by atoms with Crippen molar-refractivity contribution in [3.63, 3.8) is 0 Å². The van der Waals surface area contributed by atoms with Gasteiger partial charge in [-0.15, -0.1) is 11.3 Å². The fourth-order valence-corrected chi connectivity index (χ4v) is 3.54. The Balaban J connectivity index is 2.01. The molecule has 94 valence electrons. The molecule has 0 spiro atoms. The van der Waals surface area contributed by atoms with E-state index < -0.39 is 5.97 Å². The molecule has 1 unspecified atom stereocenters. The standard InChI is InChI=1S/C13H19NO2S/c1-9(7-12(15)16)11-8-17-13(14-11)10-5-3-2-4-6-10/h8-10H,2-7H2,1H3,(H,15,16). The summed E-state index contributed by atoms with van der Waals surface area (Å²) in [4.78, 5) is 15.3. The van der Waals surface area contributed by atoms with E-state index in [2.05, 4.69) is 4.98 Å². The van der Waals surface area contributed by atoms with Crippen LogP contribution in [0.4, 0.5) is 0 Å². The first-order chi connectivity index (χ1) is 8.16. The fourth-order valence-electron chi connectivity index (χ4n) is 2.43. The molecule has 0 saturated heterocycles. The lowest BCUT2D eigenvalue weighted by Crippen LogP contribution is -2.06. The minimum Gasteiger partial charge on any atom is -0.481 e. The third-order valence-corrected chi connectivity index (χ3v) is 4.51. The van der Waals surface area contributed by atoms with Gasteiger partial charge >= 0.3 is 5.97 Å². The van der Waals surface area contributed by atoms with Crippen LogP contribution >= 0.6 is 11.3 Å². The average Bonchev–Trinajstić information content (AvgIpc) is 2.78. The van der Waals surface area contributed by atoms with Gasteiger partial charge in [-0.2, -0.15) is 0 Å². The second-order valence-electron chi connectivity index (χ2n) is 4.94. The predicted octanol–water partition coefficient (Wildman–Crippen LogP) is 3.77. The van der Waals surface area contributed by atoms with Gasteiger partial charge in [0.05, 0.1) is 17.1 Å². The van der Waals surface area contributed by atoms with Crippen LogP contribution in [-0.2, 0) is 4.79 Å². The zero-order valence-corrected chi connectivity index (χ0v) is 11.0. The topological polar surface area (TPSA) is 50.2 Å². The van der Waals surface area contributed by atoms with Gasteiger partial charge in [0, 0.05) is 17.2 Å². The van der Waals surface area contributed by atoms with E-state index in [0.717, 1.165) is 5.69 Å². The van der Waals surface area contributed by atoms with Crippen LogP contribution in [0, 0.1) is 0 Å². The summed E-state index contributed by atoms with van der Waals surface area (Å²) in [7, 11) is 0. The van der Waals surface area contributed by atoms with Crippen LogP contribution in [0.3, 0.4) is 0 Å². The Hall–Kier alpha value is -0.900. The average molecular weight is 253 g/mol. The first-order valence-corrected chi connectivity index (χ1v) is 7.22. The molecule has 0 aliphatic heterocycles. The molecule has 1 heterocycles. The predicted molar refractivity (Wildman–Crippen MR) is 68.6 cm³/mol. The molecule has 0 radical (unpaired) electrons. The zero-order chi connectivity index (χ0) is 12.3. The maximum absolute atomic E-state index is 10.7. The third kappa shape index (κ3) is 3.28. The number of aromatic nitrogens is 1. The van der Waals surface area contributed by atoms with E-state index in [9.17, 15) is 4.79 Å². The Morgan fingerprint density at radius 3 is 2.88 bits per heavy atom. The molecule has 1 N–H and O–H groups in total.